The van der Waals surface area contributed by atoms with Crippen molar-refractivity contribution in [2.45, 2.75) is 38.6 Å². The molecule has 2 fully saturated rings. The standard InChI is InChI=1S/C13H20N2O4/c1-9(16)14-7-4-10(5-8-14)12(17)15-6-2-3-11(15)13(18)19/h10-11H,2-8H2,1H3,(H,18,19). The average molecular weight is 268 g/mol. The molecule has 0 aliphatic carbocycles. The number of hydrogen-bond donors (Lipinski definition) is 1. The summed E-state index contributed by atoms with van der Waals surface area (Å²) in [6.07, 6.45) is 2.59. The van der Waals surface area contributed by atoms with Gasteiger partial charge in [0, 0.05) is 32.5 Å². The fraction of sp³-hybridized carbons (Fsp3) is 0.769. The van der Waals surface area contributed by atoms with Gasteiger partial charge in [0.2, 0.25) is 11.8 Å². The maximum absolute atomic E-state index is 12.4. The van der Waals surface area contributed by atoms with Crippen molar-refractivity contribution in [2.75, 3.05) is 19.6 Å². The maximum atomic E-state index is 12.4. The molecule has 2 aliphatic rings. The molecule has 0 spiro atoms. The summed E-state index contributed by atoms with van der Waals surface area (Å²) in [5.74, 6) is -1.05. The van der Waals surface area contributed by atoms with Crippen LogP contribution in [0.15, 0.2) is 0 Å². The Morgan fingerprint density at radius 2 is 1.68 bits per heavy atom. The largest absolute Gasteiger partial charge is 0.480 e. The molecule has 0 aromatic rings. The quantitative estimate of drug-likeness (QED) is 0.782. The fourth-order valence-electron chi connectivity index (χ4n) is 2.96. The van der Waals surface area contributed by atoms with Crippen LogP contribution in [-0.4, -0.2) is 58.4 Å². The van der Waals surface area contributed by atoms with Gasteiger partial charge in [-0.25, -0.2) is 4.79 Å². The zero-order valence-corrected chi connectivity index (χ0v) is 11.2. The number of piperidine rings is 1. The van der Waals surface area contributed by atoms with Crippen molar-refractivity contribution in [1.82, 2.24) is 9.80 Å². The normalized spacial score (nSPS) is 24.6. The van der Waals surface area contributed by atoms with Gasteiger partial charge in [0.25, 0.3) is 0 Å². The summed E-state index contributed by atoms with van der Waals surface area (Å²) < 4.78 is 0. The van der Waals surface area contributed by atoms with Crippen LogP contribution >= 0.6 is 0 Å². The number of carbonyl (C=O) groups excluding carboxylic acids is 2. The first-order valence-electron chi connectivity index (χ1n) is 6.79. The van der Waals surface area contributed by atoms with Gasteiger partial charge in [-0.2, -0.15) is 0 Å². The molecule has 0 radical (unpaired) electrons. The molecule has 6 nitrogen and oxygen atoms in total. The van der Waals surface area contributed by atoms with Crippen molar-refractivity contribution in [3.8, 4) is 0 Å². The van der Waals surface area contributed by atoms with Gasteiger partial charge < -0.3 is 14.9 Å². The summed E-state index contributed by atoms with van der Waals surface area (Å²) >= 11 is 0. The Kier molecular flexibility index (Phi) is 4.07. The van der Waals surface area contributed by atoms with E-state index in [0.717, 1.165) is 6.42 Å². The van der Waals surface area contributed by atoms with Gasteiger partial charge in [0.15, 0.2) is 0 Å². The third kappa shape index (κ3) is 2.88. The molecular formula is C13H20N2O4. The molecule has 2 aliphatic heterocycles. The van der Waals surface area contributed by atoms with Crippen LogP contribution in [0, 0.1) is 5.92 Å². The van der Waals surface area contributed by atoms with Crippen LogP contribution in [0.1, 0.15) is 32.6 Å². The van der Waals surface area contributed by atoms with Crippen molar-refractivity contribution < 1.29 is 19.5 Å². The Bertz CT molecular complexity index is 388. The van der Waals surface area contributed by atoms with Crippen molar-refractivity contribution in [2.24, 2.45) is 5.92 Å². The topological polar surface area (TPSA) is 77.9 Å². The summed E-state index contributed by atoms with van der Waals surface area (Å²) in [5.41, 5.74) is 0. The van der Waals surface area contributed by atoms with E-state index in [-0.39, 0.29) is 17.7 Å². The van der Waals surface area contributed by atoms with E-state index in [1.807, 2.05) is 0 Å². The first kappa shape index (κ1) is 13.8. The molecule has 1 unspecified atom stereocenters. The lowest BCUT2D eigenvalue weighted by molar-refractivity contribution is -0.150. The molecule has 6 heteroatoms. The molecule has 0 aromatic heterocycles. The second-order valence-electron chi connectivity index (χ2n) is 5.31. The summed E-state index contributed by atoms with van der Waals surface area (Å²) in [6.45, 7) is 3.26. The van der Waals surface area contributed by atoms with E-state index in [1.165, 1.54) is 11.8 Å². The van der Waals surface area contributed by atoms with Gasteiger partial charge in [-0.1, -0.05) is 0 Å². The zero-order chi connectivity index (χ0) is 14.0. The predicted molar refractivity (Wildman–Crippen MR) is 67.3 cm³/mol. The molecule has 2 amide bonds. The van der Waals surface area contributed by atoms with Crippen LogP contribution in [0.4, 0.5) is 0 Å². The monoisotopic (exact) mass is 268 g/mol. The second-order valence-corrected chi connectivity index (χ2v) is 5.31. The van der Waals surface area contributed by atoms with E-state index in [9.17, 15) is 14.4 Å². The van der Waals surface area contributed by atoms with Crippen molar-refractivity contribution >= 4 is 17.8 Å². The average Bonchev–Trinajstić information content (AvgIpc) is 2.87. The van der Waals surface area contributed by atoms with E-state index in [2.05, 4.69) is 0 Å². The predicted octanol–water partition coefficient (Wildman–Crippen LogP) is 0.320. The van der Waals surface area contributed by atoms with Crippen LogP contribution in [0.3, 0.4) is 0 Å². The maximum Gasteiger partial charge on any atom is 0.326 e. The molecule has 2 heterocycles. The third-order valence-corrected chi connectivity index (χ3v) is 4.11. The number of rotatable bonds is 2. The lowest BCUT2D eigenvalue weighted by Crippen LogP contribution is -2.47. The van der Waals surface area contributed by atoms with Crippen LogP contribution < -0.4 is 0 Å². The summed E-state index contributed by atoms with van der Waals surface area (Å²) in [6, 6.07) is -0.654. The van der Waals surface area contributed by atoms with Gasteiger partial charge >= 0.3 is 5.97 Å². The Labute approximate surface area is 112 Å². The molecule has 0 saturated carbocycles. The Morgan fingerprint density at radius 1 is 1.05 bits per heavy atom. The minimum atomic E-state index is -0.910. The second kappa shape index (κ2) is 5.59. The lowest BCUT2D eigenvalue weighted by Gasteiger charge is -2.33. The Morgan fingerprint density at radius 3 is 2.21 bits per heavy atom. The van der Waals surface area contributed by atoms with Crippen LogP contribution in [0.25, 0.3) is 0 Å². The number of aliphatic carboxylic acids is 1. The minimum Gasteiger partial charge on any atom is -0.480 e. The smallest absolute Gasteiger partial charge is 0.326 e. The number of amides is 2. The Balaban J connectivity index is 1.94. The number of nitrogens with zero attached hydrogens (tertiary/aromatic N) is 2. The van der Waals surface area contributed by atoms with Crippen molar-refractivity contribution in [3.63, 3.8) is 0 Å². The number of hydrogen-bond acceptors (Lipinski definition) is 3. The van der Waals surface area contributed by atoms with Crippen molar-refractivity contribution in [1.29, 1.82) is 0 Å². The van der Waals surface area contributed by atoms with Gasteiger partial charge in [-0.15, -0.1) is 0 Å². The van der Waals surface area contributed by atoms with Gasteiger partial charge in [-0.3, -0.25) is 9.59 Å². The van der Waals surface area contributed by atoms with Gasteiger partial charge in [-0.05, 0) is 25.7 Å². The van der Waals surface area contributed by atoms with E-state index >= 15 is 0 Å². The molecule has 106 valence electrons. The first-order valence-corrected chi connectivity index (χ1v) is 6.79. The molecule has 19 heavy (non-hydrogen) atoms. The van der Waals surface area contributed by atoms with Crippen LogP contribution in [-0.2, 0) is 14.4 Å². The summed E-state index contributed by atoms with van der Waals surface area (Å²) in [5, 5.41) is 9.10. The van der Waals surface area contributed by atoms with Gasteiger partial charge in [0.05, 0.1) is 0 Å². The van der Waals surface area contributed by atoms with E-state index < -0.39 is 12.0 Å². The van der Waals surface area contributed by atoms with Crippen LogP contribution in [0.5, 0.6) is 0 Å². The summed E-state index contributed by atoms with van der Waals surface area (Å²) in [4.78, 5) is 37.9. The number of carboxylic acid groups (broad SMARTS) is 1. The van der Waals surface area contributed by atoms with Crippen molar-refractivity contribution in [3.05, 3.63) is 0 Å². The highest BCUT2D eigenvalue weighted by atomic mass is 16.4. The fourth-order valence-corrected chi connectivity index (χ4v) is 2.96. The number of carboxylic acids is 1. The third-order valence-electron chi connectivity index (χ3n) is 4.11. The molecule has 2 saturated heterocycles. The van der Waals surface area contributed by atoms with E-state index in [4.69, 9.17) is 5.11 Å². The minimum absolute atomic E-state index is 0.0375. The number of likely N-dealkylation sites (tertiary alicyclic amines) is 2. The van der Waals surface area contributed by atoms with E-state index in [0.29, 0.717) is 38.9 Å². The molecule has 1 N–H and O–H groups in total. The molecular weight excluding hydrogens is 248 g/mol. The highest BCUT2D eigenvalue weighted by Crippen LogP contribution is 2.25. The highest BCUT2D eigenvalue weighted by molar-refractivity contribution is 5.86. The van der Waals surface area contributed by atoms with Gasteiger partial charge in [0.1, 0.15) is 6.04 Å². The highest BCUT2D eigenvalue weighted by Gasteiger charge is 2.38. The summed E-state index contributed by atoms with van der Waals surface area (Å²) in [7, 11) is 0. The zero-order valence-electron chi connectivity index (χ0n) is 11.2. The SMILES string of the molecule is CC(=O)N1CCC(C(=O)N2CCCC2C(=O)O)CC1. The molecule has 1 atom stereocenters. The molecule has 0 aromatic carbocycles. The van der Waals surface area contributed by atoms with E-state index in [1.54, 1.807) is 4.90 Å². The Hall–Kier alpha value is -1.59. The molecule has 2 rings (SSSR count). The number of carbonyl (C=O) groups is 3. The molecule has 0 bridgehead atoms. The first-order chi connectivity index (χ1) is 9.00. The van der Waals surface area contributed by atoms with Crippen LogP contribution in [0.2, 0.25) is 0 Å². The lowest BCUT2D eigenvalue weighted by atomic mass is 9.95.